The summed E-state index contributed by atoms with van der Waals surface area (Å²) in [5.41, 5.74) is 1.14. The van der Waals surface area contributed by atoms with Crippen LogP contribution < -0.4 is 9.64 Å². The van der Waals surface area contributed by atoms with E-state index in [0.29, 0.717) is 49.5 Å². The second kappa shape index (κ2) is 8.60. The molecule has 3 aromatic rings. The van der Waals surface area contributed by atoms with Gasteiger partial charge in [-0.25, -0.2) is 17.8 Å². The molecule has 0 aliphatic carbocycles. The summed E-state index contributed by atoms with van der Waals surface area (Å²) in [7, 11) is -3.66. The summed E-state index contributed by atoms with van der Waals surface area (Å²) in [4.78, 5) is 10.9. The van der Waals surface area contributed by atoms with Crippen LogP contribution in [0.1, 0.15) is 11.4 Å². The lowest BCUT2D eigenvalue weighted by molar-refractivity contribution is 0.383. The Hall–Kier alpha value is -3.04. The van der Waals surface area contributed by atoms with Gasteiger partial charge in [-0.1, -0.05) is 17.7 Å². The second-order valence-electron chi connectivity index (χ2n) is 7.37. The number of aryl methyl sites for hydroxylation is 2. The van der Waals surface area contributed by atoms with Gasteiger partial charge in [0.1, 0.15) is 23.2 Å². The van der Waals surface area contributed by atoms with E-state index in [9.17, 15) is 12.8 Å². The normalized spacial score (nSPS) is 15.1. The fourth-order valence-corrected chi connectivity index (χ4v) is 4.80. The molecule has 0 amide bonds. The summed E-state index contributed by atoms with van der Waals surface area (Å²) in [6.45, 7) is 5.35. The van der Waals surface area contributed by atoms with Gasteiger partial charge in [0.05, 0.1) is 4.90 Å². The highest BCUT2D eigenvalue weighted by atomic mass is 32.2. The Balaban J connectivity index is 1.46. The molecule has 0 spiro atoms. The lowest BCUT2D eigenvalue weighted by atomic mass is 10.2. The molecule has 0 atom stereocenters. The summed E-state index contributed by atoms with van der Waals surface area (Å²) in [6, 6.07) is 14.3. The summed E-state index contributed by atoms with van der Waals surface area (Å²) < 4.78 is 46.1. The topological polar surface area (TPSA) is 75.6 Å². The Morgan fingerprint density at radius 2 is 1.55 bits per heavy atom. The van der Waals surface area contributed by atoms with Crippen molar-refractivity contribution in [2.75, 3.05) is 31.1 Å². The highest BCUT2D eigenvalue weighted by molar-refractivity contribution is 7.89. The highest BCUT2D eigenvalue weighted by Gasteiger charge is 2.29. The van der Waals surface area contributed by atoms with E-state index in [1.807, 2.05) is 36.1 Å². The lowest BCUT2D eigenvalue weighted by Gasteiger charge is -2.34. The molecule has 0 N–H and O–H groups in total. The van der Waals surface area contributed by atoms with Gasteiger partial charge >= 0.3 is 0 Å². The van der Waals surface area contributed by atoms with E-state index in [1.165, 1.54) is 16.4 Å². The molecule has 1 saturated heterocycles. The zero-order valence-corrected chi connectivity index (χ0v) is 18.1. The van der Waals surface area contributed by atoms with E-state index in [2.05, 4.69) is 9.97 Å². The Morgan fingerprint density at radius 1 is 0.903 bits per heavy atom. The molecular weight excluding hydrogens is 419 g/mol. The fourth-order valence-electron chi connectivity index (χ4n) is 3.38. The number of hydrogen-bond donors (Lipinski definition) is 0. The SMILES string of the molecule is Cc1ccc(Oc2cc(N3CCN(S(=O)(=O)c4ccc(F)cc4)CC3)nc(C)n2)cc1. The lowest BCUT2D eigenvalue weighted by Crippen LogP contribution is -2.49. The van der Waals surface area contributed by atoms with E-state index in [-0.39, 0.29) is 4.90 Å². The number of anilines is 1. The third-order valence-corrected chi connectivity index (χ3v) is 6.97. The minimum absolute atomic E-state index is 0.0917. The van der Waals surface area contributed by atoms with Crippen molar-refractivity contribution < 1.29 is 17.5 Å². The molecule has 0 radical (unpaired) electrons. The van der Waals surface area contributed by atoms with Crippen molar-refractivity contribution in [3.8, 4) is 11.6 Å². The molecule has 9 heteroatoms. The molecule has 1 aliphatic heterocycles. The van der Waals surface area contributed by atoms with Crippen molar-refractivity contribution in [3.63, 3.8) is 0 Å². The monoisotopic (exact) mass is 442 g/mol. The molecule has 2 heterocycles. The summed E-state index contributed by atoms with van der Waals surface area (Å²) in [5.74, 6) is 1.92. The van der Waals surface area contributed by atoms with Crippen molar-refractivity contribution in [2.45, 2.75) is 18.7 Å². The minimum Gasteiger partial charge on any atom is -0.439 e. The maximum absolute atomic E-state index is 13.1. The van der Waals surface area contributed by atoms with Crippen molar-refractivity contribution in [1.82, 2.24) is 14.3 Å². The molecule has 7 nitrogen and oxygen atoms in total. The molecule has 0 unspecified atom stereocenters. The standard InChI is InChI=1S/C22H23FN4O3S/c1-16-3-7-19(8-4-16)30-22-15-21(24-17(2)25-22)26-11-13-27(14-12-26)31(28,29)20-9-5-18(23)6-10-20/h3-10,15H,11-14H2,1-2H3. The van der Waals surface area contributed by atoms with Crippen LogP contribution in [0.4, 0.5) is 10.2 Å². The van der Waals surface area contributed by atoms with Crippen molar-refractivity contribution in [2.24, 2.45) is 0 Å². The predicted molar refractivity (Wildman–Crippen MR) is 115 cm³/mol. The Morgan fingerprint density at radius 3 is 2.19 bits per heavy atom. The van der Waals surface area contributed by atoms with Crippen molar-refractivity contribution >= 4 is 15.8 Å². The fraction of sp³-hybridized carbons (Fsp3) is 0.273. The number of ether oxygens (including phenoxy) is 1. The maximum Gasteiger partial charge on any atom is 0.243 e. The average Bonchev–Trinajstić information content (AvgIpc) is 2.75. The largest absolute Gasteiger partial charge is 0.439 e. The van der Waals surface area contributed by atoms with Gasteiger partial charge in [-0.3, -0.25) is 0 Å². The van der Waals surface area contributed by atoms with Crippen LogP contribution in [0.2, 0.25) is 0 Å². The zero-order valence-electron chi connectivity index (χ0n) is 17.3. The van der Waals surface area contributed by atoms with Gasteiger partial charge < -0.3 is 9.64 Å². The molecule has 1 aliphatic rings. The van der Waals surface area contributed by atoms with Crippen molar-refractivity contribution in [3.05, 3.63) is 71.8 Å². The van der Waals surface area contributed by atoms with Gasteiger partial charge in [-0.05, 0) is 50.2 Å². The zero-order chi connectivity index (χ0) is 22.0. The first-order chi connectivity index (χ1) is 14.8. The van der Waals surface area contributed by atoms with Gasteiger partial charge in [0, 0.05) is 32.2 Å². The van der Waals surface area contributed by atoms with Crippen LogP contribution in [0, 0.1) is 19.7 Å². The predicted octanol–water partition coefficient (Wildman–Crippen LogP) is 3.54. The first-order valence-electron chi connectivity index (χ1n) is 9.92. The number of nitrogens with zero attached hydrogens (tertiary/aromatic N) is 4. The molecular formula is C22H23FN4O3S. The van der Waals surface area contributed by atoms with E-state index in [4.69, 9.17) is 4.74 Å². The Bertz CT molecular complexity index is 1160. The number of halogens is 1. The van der Waals surface area contributed by atoms with Gasteiger partial charge in [0.2, 0.25) is 15.9 Å². The van der Waals surface area contributed by atoms with Crippen LogP contribution >= 0.6 is 0 Å². The molecule has 2 aromatic carbocycles. The highest BCUT2D eigenvalue weighted by Crippen LogP contribution is 2.25. The maximum atomic E-state index is 13.1. The molecule has 1 fully saturated rings. The van der Waals surface area contributed by atoms with Crippen LogP contribution in [-0.2, 0) is 10.0 Å². The summed E-state index contributed by atoms with van der Waals surface area (Å²) in [5, 5.41) is 0. The number of piperazine rings is 1. The van der Waals surface area contributed by atoms with E-state index >= 15 is 0 Å². The van der Waals surface area contributed by atoms with Gasteiger partial charge in [0.25, 0.3) is 0 Å². The van der Waals surface area contributed by atoms with E-state index in [1.54, 1.807) is 13.0 Å². The first kappa shape index (κ1) is 21.2. The molecule has 0 bridgehead atoms. The number of benzene rings is 2. The van der Waals surface area contributed by atoms with Crippen LogP contribution in [0.3, 0.4) is 0 Å². The molecule has 31 heavy (non-hydrogen) atoms. The Labute approximate surface area is 181 Å². The van der Waals surface area contributed by atoms with Gasteiger partial charge in [-0.15, -0.1) is 0 Å². The van der Waals surface area contributed by atoms with E-state index < -0.39 is 15.8 Å². The van der Waals surface area contributed by atoms with Crippen LogP contribution in [0.25, 0.3) is 0 Å². The average molecular weight is 443 g/mol. The summed E-state index contributed by atoms with van der Waals surface area (Å²) >= 11 is 0. The molecule has 1 aromatic heterocycles. The third-order valence-electron chi connectivity index (χ3n) is 5.06. The van der Waals surface area contributed by atoms with Crippen LogP contribution in [0.15, 0.2) is 59.5 Å². The summed E-state index contributed by atoms with van der Waals surface area (Å²) in [6.07, 6.45) is 0. The third kappa shape index (κ3) is 4.83. The van der Waals surface area contributed by atoms with Gasteiger partial charge in [-0.2, -0.15) is 9.29 Å². The second-order valence-corrected chi connectivity index (χ2v) is 9.31. The van der Waals surface area contributed by atoms with E-state index in [0.717, 1.165) is 17.7 Å². The number of rotatable bonds is 5. The quantitative estimate of drug-likeness (QED) is 0.602. The number of sulfonamides is 1. The Kier molecular flexibility index (Phi) is 5.88. The van der Waals surface area contributed by atoms with Gasteiger partial charge in [0.15, 0.2) is 0 Å². The first-order valence-corrected chi connectivity index (χ1v) is 11.4. The molecule has 0 saturated carbocycles. The minimum atomic E-state index is -3.66. The smallest absolute Gasteiger partial charge is 0.243 e. The van der Waals surface area contributed by atoms with Crippen LogP contribution in [-0.4, -0.2) is 48.9 Å². The molecule has 4 rings (SSSR count). The number of hydrogen-bond acceptors (Lipinski definition) is 6. The molecule has 162 valence electrons. The van der Waals surface area contributed by atoms with Crippen LogP contribution in [0.5, 0.6) is 11.6 Å². The van der Waals surface area contributed by atoms with Crippen molar-refractivity contribution in [1.29, 1.82) is 0 Å². The number of aromatic nitrogens is 2.